The fourth-order valence-electron chi connectivity index (χ4n) is 3.81. The van der Waals surface area contributed by atoms with E-state index in [1.165, 1.54) is 51.0 Å². The van der Waals surface area contributed by atoms with Crippen molar-refractivity contribution in [1.29, 1.82) is 0 Å². The highest BCUT2D eigenvalue weighted by molar-refractivity contribution is 5.14. The number of rotatable bonds is 4. The normalized spacial score (nSPS) is 28.9. The molecule has 1 aliphatic carbocycles. The van der Waals surface area contributed by atoms with E-state index in [0.717, 1.165) is 18.6 Å². The predicted molar refractivity (Wildman–Crippen MR) is 83.8 cm³/mol. The van der Waals surface area contributed by atoms with Crippen molar-refractivity contribution in [2.75, 3.05) is 33.2 Å². The molecular formula is C17H27N3. The summed E-state index contributed by atoms with van der Waals surface area (Å²) in [5, 5.41) is 3.51. The van der Waals surface area contributed by atoms with Crippen LogP contribution in [0.3, 0.4) is 0 Å². The van der Waals surface area contributed by atoms with Crippen molar-refractivity contribution in [3.63, 3.8) is 0 Å². The van der Waals surface area contributed by atoms with Crippen molar-refractivity contribution in [1.82, 2.24) is 15.1 Å². The van der Waals surface area contributed by atoms with Gasteiger partial charge in [0.05, 0.1) is 0 Å². The summed E-state index contributed by atoms with van der Waals surface area (Å²) in [6, 6.07) is 12.3. The summed E-state index contributed by atoms with van der Waals surface area (Å²) in [6.07, 6.45) is 4.12. The van der Waals surface area contributed by atoms with E-state index < -0.39 is 0 Å². The van der Waals surface area contributed by atoms with E-state index in [-0.39, 0.29) is 0 Å². The molecule has 20 heavy (non-hydrogen) atoms. The standard InChI is InChI=1S/C17H27N3/c1-18-16-8-5-9-17(16)20-12-10-19(11-13-20)14-15-6-3-2-4-7-15/h2-4,6-7,16-18H,5,8-14H2,1H3. The van der Waals surface area contributed by atoms with Crippen LogP contribution in [0.15, 0.2) is 30.3 Å². The van der Waals surface area contributed by atoms with Crippen molar-refractivity contribution in [2.45, 2.75) is 37.9 Å². The molecule has 2 atom stereocenters. The molecule has 3 rings (SSSR count). The van der Waals surface area contributed by atoms with E-state index >= 15 is 0 Å². The number of hydrogen-bond donors (Lipinski definition) is 1. The first kappa shape index (κ1) is 14.1. The minimum atomic E-state index is 0.718. The van der Waals surface area contributed by atoms with Gasteiger partial charge in [0.2, 0.25) is 0 Å². The lowest BCUT2D eigenvalue weighted by molar-refractivity contribution is 0.0840. The number of nitrogens with zero attached hydrogens (tertiary/aromatic N) is 2. The fourth-order valence-corrected chi connectivity index (χ4v) is 3.81. The van der Waals surface area contributed by atoms with Crippen LogP contribution in [-0.2, 0) is 6.54 Å². The maximum atomic E-state index is 3.51. The van der Waals surface area contributed by atoms with Crippen molar-refractivity contribution >= 4 is 0 Å². The molecule has 1 heterocycles. The molecule has 3 heteroatoms. The molecule has 0 amide bonds. The summed E-state index contributed by atoms with van der Waals surface area (Å²) in [7, 11) is 2.12. The van der Waals surface area contributed by atoms with Gasteiger partial charge in [-0.3, -0.25) is 9.80 Å². The SMILES string of the molecule is CNC1CCCC1N1CCN(Cc2ccccc2)CC1. The lowest BCUT2D eigenvalue weighted by atomic mass is 10.1. The van der Waals surface area contributed by atoms with Gasteiger partial charge in [-0.15, -0.1) is 0 Å². The molecule has 3 nitrogen and oxygen atoms in total. The molecule has 110 valence electrons. The molecule has 1 aliphatic heterocycles. The van der Waals surface area contributed by atoms with Crippen molar-refractivity contribution in [2.24, 2.45) is 0 Å². The zero-order chi connectivity index (χ0) is 13.8. The predicted octanol–water partition coefficient (Wildman–Crippen LogP) is 1.94. The van der Waals surface area contributed by atoms with Crippen LogP contribution in [0.4, 0.5) is 0 Å². The maximum Gasteiger partial charge on any atom is 0.0250 e. The molecule has 2 fully saturated rings. The largest absolute Gasteiger partial charge is 0.315 e. The molecular weight excluding hydrogens is 246 g/mol. The highest BCUT2D eigenvalue weighted by Gasteiger charge is 2.32. The van der Waals surface area contributed by atoms with E-state index in [0.29, 0.717) is 0 Å². The van der Waals surface area contributed by atoms with Gasteiger partial charge in [-0.2, -0.15) is 0 Å². The Morgan fingerprint density at radius 3 is 2.50 bits per heavy atom. The van der Waals surface area contributed by atoms with Crippen LogP contribution in [0.5, 0.6) is 0 Å². The van der Waals surface area contributed by atoms with E-state index in [1.54, 1.807) is 0 Å². The van der Waals surface area contributed by atoms with Crippen LogP contribution in [0.1, 0.15) is 24.8 Å². The maximum absolute atomic E-state index is 3.51. The Morgan fingerprint density at radius 1 is 1.05 bits per heavy atom. The Labute approximate surface area is 123 Å². The summed E-state index contributed by atoms with van der Waals surface area (Å²) in [5.74, 6) is 0. The third-order valence-corrected chi connectivity index (χ3v) is 4.98. The van der Waals surface area contributed by atoms with Crippen LogP contribution < -0.4 is 5.32 Å². The number of nitrogens with one attached hydrogen (secondary N) is 1. The van der Waals surface area contributed by atoms with Gasteiger partial charge in [-0.25, -0.2) is 0 Å². The zero-order valence-corrected chi connectivity index (χ0v) is 12.6. The Kier molecular flexibility index (Phi) is 4.71. The molecule has 1 aromatic carbocycles. The topological polar surface area (TPSA) is 18.5 Å². The Morgan fingerprint density at radius 2 is 1.80 bits per heavy atom. The van der Waals surface area contributed by atoms with E-state index in [2.05, 4.69) is 52.5 Å². The third kappa shape index (κ3) is 3.22. The van der Waals surface area contributed by atoms with Gasteiger partial charge in [0.15, 0.2) is 0 Å². The van der Waals surface area contributed by atoms with Crippen LogP contribution in [-0.4, -0.2) is 55.1 Å². The summed E-state index contributed by atoms with van der Waals surface area (Å²) >= 11 is 0. The Balaban J connectivity index is 1.49. The van der Waals surface area contributed by atoms with Gasteiger partial charge in [0.1, 0.15) is 0 Å². The average molecular weight is 273 g/mol. The van der Waals surface area contributed by atoms with Crippen LogP contribution in [0.2, 0.25) is 0 Å². The molecule has 1 saturated heterocycles. The molecule has 1 N–H and O–H groups in total. The van der Waals surface area contributed by atoms with Gasteiger partial charge >= 0.3 is 0 Å². The zero-order valence-electron chi connectivity index (χ0n) is 12.6. The summed E-state index contributed by atoms with van der Waals surface area (Å²) in [4.78, 5) is 5.31. The number of hydrogen-bond acceptors (Lipinski definition) is 3. The fraction of sp³-hybridized carbons (Fsp3) is 0.647. The third-order valence-electron chi connectivity index (χ3n) is 4.98. The Bertz CT molecular complexity index is 398. The van der Waals surface area contributed by atoms with Crippen LogP contribution >= 0.6 is 0 Å². The molecule has 2 unspecified atom stereocenters. The Hall–Kier alpha value is -0.900. The lowest BCUT2D eigenvalue weighted by Crippen LogP contribution is -2.54. The van der Waals surface area contributed by atoms with Crippen molar-refractivity contribution in [3.8, 4) is 0 Å². The number of likely N-dealkylation sites (N-methyl/N-ethyl adjacent to an activating group) is 1. The molecule has 0 bridgehead atoms. The van der Waals surface area contributed by atoms with Crippen molar-refractivity contribution in [3.05, 3.63) is 35.9 Å². The van der Waals surface area contributed by atoms with Gasteiger partial charge < -0.3 is 5.32 Å². The summed E-state index contributed by atoms with van der Waals surface area (Å²) < 4.78 is 0. The van der Waals surface area contributed by atoms with E-state index in [4.69, 9.17) is 0 Å². The van der Waals surface area contributed by atoms with Gasteiger partial charge in [-0.05, 0) is 25.5 Å². The molecule has 0 aromatic heterocycles. The van der Waals surface area contributed by atoms with E-state index in [1.807, 2.05) is 0 Å². The number of piperazine rings is 1. The van der Waals surface area contributed by atoms with Gasteiger partial charge in [-0.1, -0.05) is 36.8 Å². The van der Waals surface area contributed by atoms with Gasteiger partial charge in [0.25, 0.3) is 0 Å². The van der Waals surface area contributed by atoms with Crippen molar-refractivity contribution < 1.29 is 0 Å². The molecule has 1 aromatic rings. The summed E-state index contributed by atoms with van der Waals surface area (Å²) in [5.41, 5.74) is 1.44. The second-order valence-corrected chi connectivity index (χ2v) is 6.19. The first-order chi connectivity index (χ1) is 9.86. The van der Waals surface area contributed by atoms with Gasteiger partial charge in [0, 0.05) is 44.8 Å². The molecule has 0 spiro atoms. The average Bonchev–Trinajstić information content (AvgIpc) is 2.98. The highest BCUT2D eigenvalue weighted by Crippen LogP contribution is 2.25. The first-order valence-corrected chi connectivity index (χ1v) is 8.04. The second-order valence-electron chi connectivity index (χ2n) is 6.19. The minimum absolute atomic E-state index is 0.718. The summed E-state index contributed by atoms with van der Waals surface area (Å²) in [6.45, 7) is 5.99. The monoisotopic (exact) mass is 273 g/mol. The lowest BCUT2D eigenvalue weighted by Gasteiger charge is -2.40. The molecule has 1 saturated carbocycles. The smallest absolute Gasteiger partial charge is 0.0250 e. The number of benzene rings is 1. The second kappa shape index (κ2) is 6.70. The van der Waals surface area contributed by atoms with E-state index in [9.17, 15) is 0 Å². The first-order valence-electron chi connectivity index (χ1n) is 8.04. The minimum Gasteiger partial charge on any atom is -0.315 e. The van der Waals surface area contributed by atoms with Crippen LogP contribution in [0.25, 0.3) is 0 Å². The highest BCUT2D eigenvalue weighted by atomic mass is 15.3. The quantitative estimate of drug-likeness (QED) is 0.904. The molecule has 0 radical (unpaired) electrons. The molecule has 2 aliphatic rings. The van der Waals surface area contributed by atoms with Crippen LogP contribution in [0, 0.1) is 0 Å².